The molecule has 0 aliphatic rings. The molecule has 5 nitrogen and oxygen atoms in total. The Morgan fingerprint density at radius 2 is 2.14 bits per heavy atom. The van der Waals surface area contributed by atoms with Crippen LogP contribution in [-0.4, -0.2) is 22.9 Å². The van der Waals surface area contributed by atoms with Crippen LogP contribution in [-0.2, 0) is 10.1 Å². The molecule has 2 rings (SSSR count). The molecule has 14 heavy (non-hydrogen) atoms. The van der Waals surface area contributed by atoms with Crippen LogP contribution in [0.5, 0.6) is 0 Å². The van der Waals surface area contributed by atoms with Gasteiger partial charge in [-0.2, -0.15) is 8.42 Å². The first-order valence-corrected chi connectivity index (χ1v) is 4.92. The third kappa shape index (κ3) is 2.15. The number of aromatic amines is 1. The Morgan fingerprint density at radius 3 is 2.79 bits per heavy atom. The first-order valence-electron chi connectivity index (χ1n) is 3.48. The van der Waals surface area contributed by atoms with Gasteiger partial charge < -0.3 is 6.41 Å². The Kier molecular flexibility index (Phi) is 3.33. The monoisotopic (exact) mass is 222 g/mol. The molecule has 0 saturated carbocycles. The molecule has 0 atom stereocenters. The van der Waals surface area contributed by atoms with Crippen LogP contribution in [0.1, 0.15) is 1.43 Å². The third-order valence-corrected chi connectivity index (χ3v) is 2.54. The molecule has 0 radical (unpaired) electrons. The topological polar surface area (TPSA) is 83.1 Å². The molecule has 0 aliphatic carbocycles. The van der Waals surface area contributed by atoms with Gasteiger partial charge in [-0.05, 0) is 18.2 Å². The molecule has 0 amide bonds. The van der Waals surface area contributed by atoms with Crippen molar-refractivity contribution in [3.8, 4) is 0 Å². The van der Waals surface area contributed by atoms with E-state index in [2.05, 4.69) is 9.97 Å². The number of hydrogen-bond donors (Lipinski definition) is 2. The molecule has 0 aliphatic heterocycles. The summed E-state index contributed by atoms with van der Waals surface area (Å²) in [4.78, 5) is 6.52. The van der Waals surface area contributed by atoms with Gasteiger partial charge in [0.2, 0.25) is 0 Å². The van der Waals surface area contributed by atoms with Gasteiger partial charge in [0.1, 0.15) is 0 Å². The molecule has 1 aromatic heterocycles. The van der Waals surface area contributed by atoms with Gasteiger partial charge in [0.15, 0.2) is 0 Å². The summed E-state index contributed by atoms with van der Waals surface area (Å²) in [6, 6.07) is 4.16. The smallest absolute Gasteiger partial charge is 1.00 e. The van der Waals surface area contributed by atoms with Crippen LogP contribution < -0.4 is 29.6 Å². The van der Waals surface area contributed by atoms with Gasteiger partial charge in [-0.3, -0.25) is 4.55 Å². The van der Waals surface area contributed by atoms with Gasteiger partial charge in [-0.1, -0.05) is 0 Å². The van der Waals surface area contributed by atoms with Gasteiger partial charge >= 0.3 is 29.6 Å². The van der Waals surface area contributed by atoms with E-state index in [1.165, 1.54) is 24.5 Å². The molecule has 0 fully saturated rings. The Morgan fingerprint density at radius 1 is 1.43 bits per heavy atom. The van der Waals surface area contributed by atoms with Crippen molar-refractivity contribution in [2.24, 2.45) is 0 Å². The summed E-state index contributed by atoms with van der Waals surface area (Å²) in [5.41, 5.74) is 1.24. The molecule has 70 valence electrons. The molecule has 0 saturated heterocycles. The second-order valence-corrected chi connectivity index (χ2v) is 3.98. The standard InChI is InChI=1S/C7H6N2O3S.Na.H/c10-13(11,12)5-1-2-6-7(3-5)9-4-8-6;;/h1-4H,(H,8,9)(H,10,11,12);;/q;+1;-1. The average Bonchev–Trinajstić information content (AvgIpc) is 2.47. The molecular formula is C7H7N2NaO3S. The van der Waals surface area contributed by atoms with Gasteiger partial charge in [-0.15, -0.1) is 0 Å². The van der Waals surface area contributed by atoms with E-state index in [4.69, 9.17) is 4.55 Å². The van der Waals surface area contributed by atoms with Crippen molar-refractivity contribution in [1.82, 2.24) is 9.97 Å². The zero-order valence-electron chi connectivity index (χ0n) is 8.43. The van der Waals surface area contributed by atoms with E-state index in [0.717, 1.165) is 0 Å². The van der Waals surface area contributed by atoms with Crippen molar-refractivity contribution in [3.63, 3.8) is 0 Å². The van der Waals surface area contributed by atoms with Gasteiger partial charge in [0.25, 0.3) is 10.1 Å². The Hall–Kier alpha value is -0.400. The molecule has 7 heteroatoms. The second-order valence-electron chi connectivity index (χ2n) is 2.56. The van der Waals surface area contributed by atoms with Crippen molar-refractivity contribution in [3.05, 3.63) is 24.5 Å². The summed E-state index contributed by atoms with van der Waals surface area (Å²) in [5.74, 6) is 0. The van der Waals surface area contributed by atoms with Crippen LogP contribution in [0.2, 0.25) is 0 Å². The SMILES string of the molecule is O=S(=O)(O)c1ccc2nc[nH]c2c1.[H-].[Na+]. The Labute approximate surface area is 104 Å². The minimum absolute atomic E-state index is 0. The Balaban J connectivity index is 0.000000980. The number of fused-ring (bicyclic) bond motifs is 1. The fraction of sp³-hybridized carbons (Fsp3) is 0. The number of benzene rings is 1. The summed E-state index contributed by atoms with van der Waals surface area (Å²) >= 11 is 0. The van der Waals surface area contributed by atoms with Crippen molar-refractivity contribution < 1.29 is 44.0 Å². The summed E-state index contributed by atoms with van der Waals surface area (Å²) in [5, 5.41) is 0. The molecular weight excluding hydrogens is 215 g/mol. The van der Waals surface area contributed by atoms with E-state index in [0.29, 0.717) is 11.0 Å². The predicted molar refractivity (Wildman–Crippen MR) is 47.0 cm³/mol. The third-order valence-electron chi connectivity index (χ3n) is 1.69. The van der Waals surface area contributed by atoms with E-state index in [1.54, 1.807) is 0 Å². The molecule has 2 N–H and O–H groups in total. The molecule has 0 bridgehead atoms. The van der Waals surface area contributed by atoms with Crippen molar-refractivity contribution >= 4 is 21.2 Å². The maximum Gasteiger partial charge on any atom is 1.00 e. The van der Waals surface area contributed by atoms with Crippen LogP contribution >= 0.6 is 0 Å². The number of nitrogens with zero attached hydrogens (tertiary/aromatic N) is 1. The van der Waals surface area contributed by atoms with E-state index in [9.17, 15) is 8.42 Å². The van der Waals surface area contributed by atoms with Crippen LogP contribution in [0.4, 0.5) is 0 Å². The van der Waals surface area contributed by atoms with Crippen molar-refractivity contribution in [1.29, 1.82) is 0 Å². The van der Waals surface area contributed by atoms with Gasteiger partial charge in [0, 0.05) is 0 Å². The van der Waals surface area contributed by atoms with Crippen molar-refractivity contribution in [2.75, 3.05) is 0 Å². The van der Waals surface area contributed by atoms with E-state index in [1.807, 2.05) is 0 Å². The van der Waals surface area contributed by atoms with E-state index >= 15 is 0 Å². The number of imidazole rings is 1. The summed E-state index contributed by atoms with van der Waals surface area (Å²) in [7, 11) is -4.12. The number of rotatable bonds is 1. The fourth-order valence-corrected chi connectivity index (χ4v) is 1.58. The first-order chi connectivity index (χ1) is 6.07. The van der Waals surface area contributed by atoms with Crippen LogP contribution in [0.25, 0.3) is 11.0 Å². The number of H-pyrrole nitrogens is 1. The van der Waals surface area contributed by atoms with E-state index in [-0.39, 0.29) is 35.9 Å². The fourth-order valence-electron chi connectivity index (χ4n) is 1.08. The zero-order valence-corrected chi connectivity index (χ0v) is 10.2. The maximum atomic E-state index is 10.7. The largest absolute Gasteiger partial charge is 1.00 e. The number of hydrogen-bond acceptors (Lipinski definition) is 3. The predicted octanol–water partition coefficient (Wildman–Crippen LogP) is -2.07. The minimum Gasteiger partial charge on any atom is -1.00 e. The zero-order chi connectivity index (χ0) is 9.47. The summed E-state index contributed by atoms with van der Waals surface area (Å²) in [6.45, 7) is 0. The molecule has 1 heterocycles. The first kappa shape index (κ1) is 11.7. The summed E-state index contributed by atoms with van der Waals surface area (Å²) in [6.07, 6.45) is 1.46. The van der Waals surface area contributed by atoms with Crippen LogP contribution in [0.3, 0.4) is 0 Å². The Bertz CT molecular complexity index is 554. The number of aromatic nitrogens is 2. The van der Waals surface area contributed by atoms with Gasteiger partial charge in [-0.25, -0.2) is 4.98 Å². The molecule has 0 unspecified atom stereocenters. The normalized spacial score (nSPS) is 11.2. The molecule has 0 spiro atoms. The molecule has 2 aromatic rings. The average molecular weight is 222 g/mol. The minimum atomic E-state index is -4.12. The second kappa shape index (κ2) is 4.00. The summed E-state index contributed by atoms with van der Waals surface area (Å²) < 4.78 is 30.2. The molecule has 1 aromatic carbocycles. The van der Waals surface area contributed by atoms with Crippen LogP contribution in [0.15, 0.2) is 29.4 Å². The van der Waals surface area contributed by atoms with E-state index < -0.39 is 10.1 Å². The maximum absolute atomic E-state index is 10.7. The van der Waals surface area contributed by atoms with Crippen molar-refractivity contribution in [2.45, 2.75) is 4.90 Å². The number of nitrogens with one attached hydrogen (secondary N) is 1. The van der Waals surface area contributed by atoms with Gasteiger partial charge in [0.05, 0.1) is 22.3 Å². The quantitative estimate of drug-likeness (QED) is 0.429. The van der Waals surface area contributed by atoms with Crippen LogP contribution in [0, 0.1) is 0 Å².